The molecule has 2 fully saturated rings. The first-order valence-corrected chi connectivity index (χ1v) is 10.7. The predicted molar refractivity (Wildman–Crippen MR) is 113 cm³/mol. The topological polar surface area (TPSA) is 83.5 Å². The lowest BCUT2D eigenvalue weighted by atomic mass is 9.95. The number of carbonyl (C=O) groups is 2. The average molecular weight is 411 g/mol. The first kappa shape index (κ1) is 23.3. The minimum absolute atomic E-state index is 0.112. The zero-order valence-corrected chi connectivity index (χ0v) is 18.9. The van der Waals surface area contributed by atoms with Crippen molar-refractivity contribution in [1.29, 1.82) is 0 Å². The number of methoxy groups -OCH3 is 1. The molecule has 166 valence electrons. The molecule has 0 aromatic rings. The van der Waals surface area contributed by atoms with Crippen LogP contribution in [0.25, 0.3) is 0 Å². The number of nitrogens with zero attached hydrogens (tertiary/aromatic N) is 3. The molecule has 2 saturated heterocycles. The van der Waals surface area contributed by atoms with Crippen molar-refractivity contribution >= 4 is 18.0 Å². The van der Waals surface area contributed by atoms with Crippen LogP contribution in [0.3, 0.4) is 0 Å². The number of esters is 1. The summed E-state index contributed by atoms with van der Waals surface area (Å²) in [4.78, 5) is 32.6. The van der Waals surface area contributed by atoms with E-state index in [0.717, 1.165) is 51.4 Å². The summed E-state index contributed by atoms with van der Waals surface area (Å²) in [6.45, 7) is 11.5. The Morgan fingerprint density at radius 1 is 1.17 bits per heavy atom. The van der Waals surface area contributed by atoms with E-state index in [-0.39, 0.29) is 23.9 Å². The van der Waals surface area contributed by atoms with E-state index in [0.29, 0.717) is 12.5 Å². The molecule has 0 radical (unpaired) electrons. The van der Waals surface area contributed by atoms with Gasteiger partial charge in [-0.3, -0.25) is 9.79 Å². The smallest absolute Gasteiger partial charge is 0.410 e. The SMILES string of the molecule is CN=C(NCCC1CCCN(C(=O)OC(C)(C)C)C1)N1CC(C)C(C(=O)OC)C1. The van der Waals surface area contributed by atoms with Crippen LogP contribution in [0.1, 0.15) is 47.0 Å². The number of ether oxygens (including phenoxy) is 2. The van der Waals surface area contributed by atoms with E-state index in [1.165, 1.54) is 7.11 Å². The molecule has 0 aromatic carbocycles. The molecule has 0 saturated carbocycles. The summed E-state index contributed by atoms with van der Waals surface area (Å²) in [5, 5.41) is 3.43. The molecule has 3 unspecified atom stereocenters. The summed E-state index contributed by atoms with van der Waals surface area (Å²) < 4.78 is 10.4. The molecule has 0 aromatic heterocycles. The standard InChI is InChI=1S/C21H38N4O4/c1-15-12-25(14-17(15)18(26)28-6)19(22-5)23-10-9-16-8-7-11-24(13-16)20(27)29-21(2,3)4/h15-17H,7-14H2,1-6H3,(H,22,23). The van der Waals surface area contributed by atoms with Crippen molar-refractivity contribution in [3.63, 3.8) is 0 Å². The number of guanidine groups is 1. The van der Waals surface area contributed by atoms with Crippen LogP contribution in [0.4, 0.5) is 4.79 Å². The van der Waals surface area contributed by atoms with Crippen molar-refractivity contribution < 1.29 is 19.1 Å². The molecule has 0 aliphatic carbocycles. The van der Waals surface area contributed by atoms with Gasteiger partial charge in [0.1, 0.15) is 5.60 Å². The molecule has 2 rings (SSSR count). The van der Waals surface area contributed by atoms with Gasteiger partial charge in [0.2, 0.25) is 0 Å². The average Bonchev–Trinajstić information content (AvgIpc) is 3.05. The third kappa shape index (κ3) is 6.78. The Morgan fingerprint density at radius 2 is 1.90 bits per heavy atom. The lowest BCUT2D eigenvalue weighted by molar-refractivity contribution is -0.145. The van der Waals surface area contributed by atoms with E-state index in [4.69, 9.17) is 9.47 Å². The van der Waals surface area contributed by atoms with Gasteiger partial charge in [-0.2, -0.15) is 0 Å². The lowest BCUT2D eigenvalue weighted by Gasteiger charge is -2.34. The summed E-state index contributed by atoms with van der Waals surface area (Å²) in [5.74, 6) is 1.24. The quantitative estimate of drug-likeness (QED) is 0.435. The van der Waals surface area contributed by atoms with Gasteiger partial charge in [0, 0.05) is 39.8 Å². The van der Waals surface area contributed by atoms with Gasteiger partial charge in [0.15, 0.2) is 5.96 Å². The molecule has 29 heavy (non-hydrogen) atoms. The molecule has 8 heteroatoms. The maximum atomic E-state index is 12.3. The van der Waals surface area contributed by atoms with Crippen molar-refractivity contribution in [1.82, 2.24) is 15.1 Å². The lowest BCUT2D eigenvalue weighted by Crippen LogP contribution is -2.44. The van der Waals surface area contributed by atoms with Crippen molar-refractivity contribution in [2.75, 3.05) is 46.9 Å². The number of piperidine rings is 1. The van der Waals surface area contributed by atoms with E-state index in [9.17, 15) is 9.59 Å². The minimum atomic E-state index is -0.465. The van der Waals surface area contributed by atoms with Crippen molar-refractivity contribution in [3.05, 3.63) is 0 Å². The fraction of sp³-hybridized carbons (Fsp3) is 0.857. The fourth-order valence-electron chi connectivity index (χ4n) is 4.11. The van der Waals surface area contributed by atoms with Gasteiger partial charge < -0.3 is 24.6 Å². The van der Waals surface area contributed by atoms with E-state index in [1.807, 2.05) is 25.7 Å². The first-order chi connectivity index (χ1) is 13.6. The van der Waals surface area contributed by atoms with Gasteiger partial charge in [-0.25, -0.2) is 4.79 Å². The van der Waals surface area contributed by atoms with E-state index in [2.05, 4.69) is 22.1 Å². The Hall–Kier alpha value is -1.99. The van der Waals surface area contributed by atoms with Gasteiger partial charge >= 0.3 is 12.1 Å². The molecule has 3 atom stereocenters. The predicted octanol–water partition coefficient (Wildman–Crippen LogP) is 2.34. The fourth-order valence-corrected chi connectivity index (χ4v) is 4.11. The highest BCUT2D eigenvalue weighted by atomic mass is 16.6. The normalized spacial score (nSPS) is 25.7. The second kappa shape index (κ2) is 10.2. The highest BCUT2D eigenvalue weighted by Crippen LogP contribution is 2.24. The number of hydrogen-bond acceptors (Lipinski definition) is 5. The van der Waals surface area contributed by atoms with Gasteiger partial charge in [0.05, 0.1) is 13.0 Å². The zero-order valence-electron chi connectivity index (χ0n) is 18.9. The molecular formula is C21H38N4O4. The van der Waals surface area contributed by atoms with Crippen LogP contribution in [0.15, 0.2) is 4.99 Å². The third-order valence-corrected chi connectivity index (χ3v) is 5.63. The monoisotopic (exact) mass is 410 g/mol. The Bertz CT molecular complexity index is 602. The summed E-state index contributed by atoms with van der Waals surface area (Å²) in [6, 6.07) is 0. The van der Waals surface area contributed by atoms with Gasteiger partial charge in [0.25, 0.3) is 0 Å². The van der Waals surface area contributed by atoms with E-state index in [1.54, 1.807) is 7.05 Å². The van der Waals surface area contributed by atoms with Crippen LogP contribution >= 0.6 is 0 Å². The number of nitrogens with one attached hydrogen (secondary N) is 1. The summed E-state index contributed by atoms with van der Waals surface area (Å²) in [5.41, 5.74) is -0.465. The number of hydrogen-bond donors (Lipinski definition) is 1. The van der Waals surface area contributed by atoms with Crippen LogP contribution < -0.4 is 5.32 Å². The Balaban J connectivity index is 1.79. The summed E-state index contributed by atoms with van der Waals surface area (Å²) in [6.07, 6.45) is 2.86. The van der Waals surface area contributed by atoms with Crippen LogP contribution in [0, 0.1) is 17.8 Å². The second-order valence-corrected chi connectivity index (χ2v) is 9.21. The molecular weight excluding hydrogens is 372 g/mol. The second-order valence-electron chi connectivity index (χ2n) is 9.21. The van der Waals surface area contributed by atoms with Crippen LogP contribution in [-0.2, 0) is 14.3 Å². The Morgan fingerprint density at radius 3 is 2.52 bits per heavy atom. The number of likely N-dealkylation sites (tertiary alicyclic amines) is 2. The summed E-state index contributed by atoms with van der Waals surface area (Å²) in [7, 11) is 3.21. The first-order valence-electron chi connectivity index (χ1n) is 10.7. The number of amides is 1. The van der Waals surface area contributed by atoms with E-state index >= 15 is 0 Å². The molecule has 1 N–H and O–H groups in total. The molecule has 0 bridgehead atoms. The molecule has 1 amide bonds. The highest BCUT2D eigenvalue weighted by molar-refractivity contribution is 5.82. The molecule has 2 heterocycles. The van der Waals surface area contributed by atoms with Crippen molar-refractivity contribution in [2.45, 2.75) is 52.6 Å². The number of aliphatic imine (C=N–C) groups is 1. The third-order valence-electron chi connectivity index (χ3n) is 5.63. The maximum Gasteiger partial charge on any atom is 0.410 e. The molecule has 0 spiro atoms. The van der Waals surface area contributed by atoms with Crippen molar-refractivity contribution in [2.24, 2.45) is 22.7 Å². The van der Waals surface area contributed by atoms with Crippen molar-refractivity contribution in [3.8, 4) is 0 Å². The largest absolute Gasteiger partial charge is 0.469 e. The Labute approximate surface area is 175 Å². The minimum Gasteiger partial charge on any atom is -0.469 e. The molecule has 8 nitrogen and oxygen atoms in total. The van der Waals surface area contributed by atoms with Gasteiger partial charge in [-0.1, -0.05) is 6.92 Å². The van der Waals surface area contributed by atoms with Crippen LogP contribution in [-0.4, -0.2) is 80.3 Å². The zero-order chi connectivity index (χ0) is 21.6. The van der Waals surface area contributed by atoms with Gasteiger partial charge in [-0.05, 0) is 51.9 Å². The highest BCUT2D eigenvalue weighted by Gasteiger charge is 2.37. The van der Waals surface area contributed by atoms with Gasteiger partial charge in [-0.15, -0.1) is 0 Å². The van der Waals surface area contributed by atoms with Crippen LogP contribution in [0.2, 0.25) is 0 Å². The molecule has 2 aliphatic heterocycles. The number of rotatable bonds is 4. The van der Waals surface area contributed by atoms with E-state index < -0.39 is 5.60 Å². The van der Waals surface area contributed by atoms with Crippen LogP contribution in [0.5, 0.6) is 0 Å². The summed E-state index contributed by atoms with van der Waals surface area (Å²) >= 11 is 0. The maximum absolute atomic E-state index is 12.3. The molecule has 2 aliphatic rings. The Kier molecular flexibility index (Phi) is 8.16. The number of carbonyl (C=O) groups excluding carboxylic acids is 2.